The SMILES string of the molecule is CN(C)CCSc1nn([C@@H]2O[C@H](COS(N)(=O)=O)[C@@H](O)[C@H]2O)c2ncnc(N)c12. The van der Waals surface area contributed by atoms with Crippen molar-refractivity contribution in [1.29, 1.82) is 0 Å². The Kier molecular flexibility index (Phi) is 6.59. The Labute approximate surface area is 171 Å². The molecular formula is C14H23N7O6S2. The number of aliphatic hydroxyl groups is 2. The van der Waals surface area contributed by atoms with Crippen molar-refractivity contribution in [2.45, 2.75) is 29.6 Å². The summed E-state index contributed by atoms with van der Waals surface area (Å²) < 4.78 is 33.4. The summed E-state index contributed by atoms with van der Waals surface area (Å²) in [6.45, 7) is 0.231. The zero-order valence-electron chi connectivity index (χ0n) is 15.7. The van der Waals surface area contributed by atoms with Crippen LogP contribution in [0.15, 0.2) is 11.4 Å². The average Bonchev–Trinajstić information content (AvgIpc) is 3.12. The van der Waals surface area contributed by atoms with Gasteiger partial charge in [-0.2, -0.15) is 13.5 Å². The molecule has 0 aromatic carbocycles. The Balaban J connectivity index is 1.90. The number of aromatic nitrogens is 4. The van der Waals surface area contributed by atoms with Crippen LogP contribution in [0.1, 0.15) is 6.23 Å². The molecule has 0 saturated carbocycles. The summed E-state index contributed by atoms with van der Waals surface area (Å²) in [6.07, 6.45) is -3.87. The third kappa shape index (κ3) is 4.95. The molecule has 3 heterocycles. The second-order valence-corrected chi connectivity index (χ2v) is 8.99. The fourth-order valence-corrected chi connectivity index (χ4v) is 4.26. The summed E-state index contributed by atoms with van der Waals surface area (Å²) in [4.78, 5) is 10.2. The monoisotopic (exact) mass is 449 g/mol. The molecule has 0 unspecified atom stereocenters. The molecule has 1 aliphatic rings. The Morgan fingerprint density at radius 3 is 2.72 bits per heavy atom. The van der Waals surface area contributed by atoms with Crippen LogP contribution in [0.25, 0.3) is 11.0 Å². The van der Waals surface area contributed by atoms with Gasteiger partial charge in [-0.05, 0) is 14.1 Å². The van der Waals surface area contributed by atoms with Crippen molar-refractivity contribution in [2.75, 3.05) is 38.7 Å². The number of ether oxygens (including phenoxy) is 1. The lowest BCUT2D eigenvalue weighted by molar-refractivity contribution is -0.0531. The van der Waals surface area contributed by atoms with E-state index in [1.807, 2.05) is 19.0 Å². The van der Waals surface area contributed by atoms with Gasteiger partial charge in [0.05, 0.1) is 12.0 Å². The molecule has 1 aliphatic heterocycles. The minimum atomic E-state index is -4.23. The number of rotatable bonds is 8. The summed E-state index contributed by atoms with van der Waals surface area (Å²) in [5, 5.41) is 31.0. The number of aliphatic hydroxyl groups excluding tert-OH is 2. The maximum Gasteiger partial charge on any atom is 0.333 e. The van der Waals surface area contributed by atoms with E-state index in [4.69, 9.17) is 15.6 Å². The number of nitrogens with two attached hydrogens (primary N) is 2. The van der Waals surface area contributed by atoms with Crippen LogP contribution in [0.5, 0.6) is 0 Å². The zero-order valence-corrected chi connectivity index (χ0v) is 17.4. The van der Waals surface area contributed by atoms with Crippen molar-refractivity contribution in [2.24, 2.45) is 5.14 Å². The third-order valence-corrected chi connectivity index (χ3v) is 5.65. The lowest BCUT2D eigenvalue weighted by atomic mass is 10.1. The van der Waals surface area contributed by atoms with E-state index in [0.717, 1.165) is 12.3 Å². The van der Waals surface area contributed by atoms with Crippen molar-refractivity contribution in [3.05, 3.63) is 6.33 Å². The highest BCUT2D eigenvalue weighted by molar-refractivity contribution is 7.99. The maximum absolute atomic E-state index is 11.0. The lowest BCUT2D eigenvalue weighted by Crippen LogP contribution is -2.35. The van der Waals surface area contributed by atoms with Gasteiger partial charge in [0.25, 0.3) is 0 Å². The van der Waals surface area contributed by atoms with E-state index in [-0.39, 0.29) is 5.82 Å². The molecule has 0 amide bonds. The molecule has 1 fully saturated rings. The van der Waals surface area contributed by atoms with Crippen LogP contribution in [-0.4, -0.2) is 94.6 Å². The second-order valence-electron chi connectivity index (χ2n) is 6.68. The first-order valence-corrected chi connectivity index (χ1v) is 11.0. The van der Waals surface area contributed by atoms with Crippen molar-refractivity contribution in [3.63, 3.8) is 0 Å². The molecule has 162 valence electrons. The highest BCUT2D eigenvalue weighted by atomic mass is 32.2. The van der Waals surface area contributed by atoms with Crippen molar-refractivity contribution in [1.82, 2.24) is 24.6 Å². The van der Waals surface area contributed by atoms with E-state index >= 15 is 0 Å². The average molecular weight is 450 g/mol. The molecular weight excluding hydrogens is 426 g/mol. The molecule has 3 rings (SSSR count). The minimum Gasteiger partial charge on any atom is -0.387 e. The number of thioether (sulfide) groups is 1. The summed E-state index contributed by atoms with van der Waals surface area (Å²) >= 11 is 1.43. The van der Waals surface area contributed by atoms with Gasteiger partial charge in [0.1, 0.15) is 35.5 Å². The van der Waals surface area contributed by atoms with E-state index in [1.165, 1.54) is 22.8 Å². The predicted molar refractivity (Wildman–Crippen MR) is 104 cm³/mol. The van der Waals surface area contributed by atoms with Crippen LogP contribution in [0, 0.1) is 0 Å². The molecule has 1 saturated heterocycles. The summed E-state index contributed by atoms with van der Waals surface area (Å²) in [7, 11) is -0.334. The van der Waals surface area contributed by atoms with Gasteiger partial charge < -0.3 is 25.6 Å². The van der Waals surface area contributed by atoms with Gasteiger partial charge in [0.15, 0.2) is 11.9 Å². The van der Waals surface area contributed by atoms with Crippen molar-refractivity contribution >= 4 is 38.9 Å². The molecule has 15 heteroatoms. The molecule has 4 atom stereocenters. The summed E-state index contributed by atoms with van der Waals surface area (Å²) in [6, 6.07) is 0. The number of hydrogen-bond acceptors (Lipinski definition) is 12. The third-order valence-electron chi connectivity index (χ3n) is 4.24. The van der Waals surface area contributed by atoms with E-state index in [9.17, 15) is 18.6 Å². The van der Waals surface area contributed by atoms with E-state index in [1.54, 1.807) is 0 Å². The Morgan fingerprint density at radius 1 is 1.34 bits per heavy atom. The van der Waals surface area contributed by atoms with Gasteiger partial charge in [-0.25, -0.2) is 19.8 Å². The molecule has 6 N–H and O–H groups in total. The molecule has 0 bridgehead atoms. The van der Waals surface area contributed by atoms with Gasteiger partial charge in [0.2, 0.25) is 0 Å². The normalized spacial score (nSPS) is 25.3. The Morgan fingerprint density at radius 2 is 2.07 bits per heavy atom. The standard InChI is InChI=1S/C14H23N7O6S2/c1-20(2)3-4-28-13-8-11(15)17-6-18-12(8)21(19-13)14-10(23)9(22)7(27-14)5-26-29(16,24)25/h6-7,9-10,14,22-23H,3-5H2,1-2H3,(H2,15,17,18)(H2,16,24,25)/t7-,9-,10-,14-/m1/s1. The second kappa shape index (κ2) is 8.65. The number of hydrogen-bond donors (Lipinski definition) is 4. The molecule has 29 heavy (non-hydrogen) atoms. The number of anilines is 1. The van der Waals surface area contributed by atoms with Crippen LogP contribution in [0.3, 0.4) is 0 Å². The summed E-state index contributed by atoms with van der Waals surface area (Å²) in [5.74, 6) is 0.936. The van der Waals surface area contributed by atoms with Gasteiger partial charge in [-0.3, -0.25) is 4.18 Å². The van der Waals surface area contributed by atoms with Crippen molar-refractivity contribution < 1.29 is 27.6 Å². The number of nitrogen functional groups attached to an aromatic ring is 1. The number of nitrogens with zero attached hydrogens (tertiary/aromatic N) is 5. The quantitative estimate of drug-likeness (QED) is 0.321. The minimum absolute atomic E-state index is 0.218. The van der Waals surface area contributed by atoms with Crippen LogP contribution in [0.4, 0.5) is 5.82 Å². The van der Waals surface area contributed by atoms with Crippen molar-refractivity contribution in [3.8, 4) is 0 Å². The highest BCUT2D eigenvalue weighted by Crippen LogP contribution is 2.36. The van der Waals surface area contributed by atoms with Crippen LogP contribution in [-0.2, 0) is 19.2 Å². The van der Waals surface area contributed by atoms with Gasteiger partial charge >= 0.3 is 10.3 Å². The van der Waals surface area contributed by atoms with E-state index in [2.05, 4.69) is 19.2 Å². The van der Waals surface area contributed by atoms with Gasteiger partial charge in [0, 0.05) is 12.3 Å². The van der Waals surface area contributed by atoms with Crippen LogP contribution in [0.2, 0.25) is 0 Å². The predicted octanol–water partition coefficient (Wildman–Crippen LogP) is -2.10. The van der Waals surface area contributed by atoms with Gasteiger partial charge in [-0.1, -0.05) is 0 Å². The molecule has 2 aromatic rings. The molecule has 0 aliphatic carbocycles. The summed E-state index contributed by atoms with van der Waals surface area (Å²) in [5.41, 5.74) is 6.32. The van der Waals surface area contributed by atoms with Crippen LogP contribution < -0.4 is 10.9 Å². The maximum atomic E-state index is 11.0. The lowest BCUT2D eigenvalue weighted by Gasteiger charge is -2.15. The first-order chi connectivity index (χ1) is 13.6. The smallest absolute Gasteiger partial charge is 0.333 e. The first-order valence-electron chi connectivity index (χ1n) is 8.53. The Hall–Kier alpha value is -1.59. The molecule has 0 radical (unpaired) electrons. The van der Waals surface area contributed by atoms with E-state index < -0.39 is 41.5 Å². The van der Waals surface area contributed by atoms with Crippen LogP contribution >= 0.6 is 11.8 Å². The highest BCUT2D eigenvalue weighted by Gasteiger charge is 2.45. The molecule has 13 nitrogen and oxygen atoms in total. The van der Waals surface area contributed by atoms with E-state index in [0.29, 0.717) is 16.1 Å². The number of fused-ring (bicyclic) bond motifs is 1. The first kappa shape index (κ1) is 22.1. The largest absolute Gasteiger partial charge is 0.387 e. The van der Waals surface area contributed by atoms with Gasteiger partial charge in [-0.15, -0.1) is 11.8 Å². The fourth-order valence-electron chi connectivity index (χ4n) is 2.80. The fraction of sp³-hybridized carbons (Fsp3) is 0.643. The Bertz CT molecular complexity index is 969. The molecule has 2 aromatic heterocycles. The molecule has 0 spiro atoms. The zero-order chi connectivity index (χ0) is 21.3. The topological polar surface area (TPSA) is 192 Å².